The summed E-state index contributed by atoms with van der Waals surface area (Å²) in [5.74, 6) is -0.360. The fraction of sp³-hybridized carbons (Fsp3) is 0.320. The lowest BCUT2D eigenvalue weighted by Gasteiger charge is -2.26. The normalized spacial score (nSPS) is 15.7. The van der Waals surface area contributed by atoms with Crippen LogP contribution in [0.4, 0.5) is 11.6 Å². The van der Waals surface area contributed by atoms with E-state index in [0.29, 0.717) is 18.1 Å². The van der Waals surface area contributed by atoms with Crippen molar-refractivity contribution in [1.29, 1.82) is 0 Å². The molecule has 2 aromatic carbocycles. The lowest BCUT2D eigenvalue weighted by Crippen LogP contribution is -2.26. The van der Waals surface area contributed by atoms with E-state index >= 15 is 0 Å². The average Bonchev–Trinajstić information content (AvgIpc) is 3.30. The molecule has 0 unspecified atom stereocenters. The van der Waals surface area contributed by atoms with Crippen LogP contribution in [-0.4, -0.2) is 41.2 Å². The number of aromatic carboxylic acids is 1. The minimum atomic E-state index is -0.978. The fourth-order valence-corrected chi connectivity index (χ4v) is 4.51. The number of hydrogen-bond acceptors (Lipinski definition) is 5. The average molecular weight is 495 g/mol. The summed E-state index contributed by atoms with van der Waals surface area (Å²) < 4.78 is 1.05. The highest BCUT2D eigenvalue weighted by molar-refractivity contribution is 9.10. The first-order valence-electron chi connectivity index (χ1n) is 10.9. The molecule has 3 aromatic rings. The topological polar surface area (TPSA) is 69.6 Å². The SMILES string of the molecule is CN(CCCc1nc(N2CCC[C@H]2c2ccc(Br)cc2)ncc1C(=O)O)c1ccccc1. The van der Waals surface area contributed by atoms with Gasteiger partial charge >= 0.3 is 5.97 Å². The minimum Gasteiger partial charge on any atom is -0.478 e. The zero-order chi connectivity index (χ0) is 22.5. The first kappa shape index (κ1) is 22.3. The van der Waals surface area contributed by atoms with Gasteiger partial charge in [0.2, 0.25) is 5.95 Å². The highest BCUT2D eigenvalue weighted by atomic mass is 79.9. The van der Waals surface area contributed by atoms with Crippen LogP contribution in [0.1, 0.15) is 46.9 Å². The molecule has 6 nitrogen and oxygen atoms in total. The molecule has 0 saturated carbocycles. The summed E-state index contributed by atoms with van der Waals surface area (Å²) in [7, 11) is 2.05. The highest BCUT2D eigenvalue weighted by Gasteiger charge is 2.29. The summed E-state index contributed by atoms with van der Waals surface area (Å²) in [4.78, 5) is 25.3. The van der Waals surface area contributed by atoms with Crippen molar-refractivity contribution in [3.05, 3.63) is 82.1 Å². The molecule has 4 rings (SSSR count). The number of benzene rings is 2. The summed E-state index contributed by atoms with van der Waals surface area (Å²) in [5, 5.41) is 9.66. The monoisotopic (exact) mass is 494 g/mol. The first-order valence-corrected chi connectivity index (χ1v) is 11.7. The Morgan fingerprint density at radius 3 is 2.66 bits per heavy atom. The molecule has 1 aromatic heterocycles. The smallest absolute Gasteiger partial charge is 0.339 e. The van der Waals surface area contributed by atoms with Crippen molar-refractivity contribution in [1.82, 2.24) is 9.97 Å². The molecular weight excluding hydrogens is 468 g/mol. The molecular formula is C25H27BrN4O2. The molecule has 2 heterocycles. The van der Waals surface area contributed by atoms with Gasteiger partial charge in [0.1, 0.15) is 0 Å². The number of anilines is 2. The summed E-state index contributed by atoms with van der Waals surface area (Å²) in [6.45, 7) is 1.68. The Hall–Kier alpha value is -2.93. The van der Waals surface area contributed by atoms with Crippen molar-refractivity contribution >= 4 is 33.5 Å². The van der Waals surface area contributed by atoms with Crippen molar-refractivity contribution in [2.45, 2.75) is 31.7 Å². The number of rotatable bonds is 8. The van der Waals surface area contributed by atoms with Crippen LogP contribution in [0.2, 0.25) is 0 Å². The van der Waals surface area contributed by atoms with E-state index < -0.39 is 5.97 Å². The predicted molar refractivity (Wildman–Crippen MR) is 130 cm³/mol. The molecule has 0 spiro atoms. The Balaban J connectivity index is 1.51. The van der Waals surface area contributed by atoms with E-state index in [-0.39, 0.29) is 11.6 Å². The maximum Gasteiger partial charge on any atom is 0.339 e. The third-order valence-corrected chi connectivity index (χ3v) is 6.48. The molecule has 1 atom stereocenters. The maximum atomic E-state index is 11.8. The van der Waals surface area contributed by atoms with Gasteiger partial charge in [0.05, 0.1) is 17.3 Å². The van der Waals surface area contributed by atoms with Gasteiger partial charge in [0.15, 0.2) is 0 Å². The van der Waals surface area contributed by atoms with Crippen LogP contribution in [0.15, 0.2) is 65.3 Å². The third-order valence-electron chi connectivity index (χ3n) is 5.95. The van der Waals surface area contributed by atoms with Gasteiger partial charge in [0, 0.05) is 36.5 Å². The van der Waals surface area contributed by atoms with E-state index in [2.05, 4.69) is 67.1 Å². The van der Waals surface area contributed by atoms with Crippen LogP contribution in [0.25, 0.3) is 0 Å². The lowest BCUT2D eigenvalue weighted by molar-refractivity contribution is 0.0694. The zero-order valence-electron chi connectivity index (χ0n) is 18.1. The Morgan fingerprint density at radius 2 is 1.94 bits per heavy atom. The van der Waals surface area contributed by atoms with E-state index in [1.165, 1.54) is 11.8 Å². The molecule has 0 amide bonds. The number of nitrogens with zero attached hydrogens (tertiary/aromatic N) is 4. The molecule has 7 heteroatoms. The fourth-order valence-electron chi connectivity index (χ4n) is 4.25. The molecule has 0 radical (unpaired) electrons. The molecule has 1 aliphatic heterocycles. The number of para-hydroxylation sites is 1. The van der Waals surface area contributed by atoms with Crippen LogP contribution in [0.5, 0.6) is 0 Å². The first-order chi connectivity index (χ1) is 15.5. The van der Waals surface area contributed by atoms with E-state index in [1.807, 2.05) is 25.2 Å². The number of halogens is 1. The van der Waals surface area contributed by atoms with E-state index in [4.69, 9.17) is 4.98 Å². The van der Waals surface area contributed by atoms with Gasteiger partial charge < -0.3 is 14.9 Å². The second kappa shape index (κ2) is 10.1. The quantitative estimate of drug-likeness (QED) is 0.455. The van der Waals surface area contributed by atoms with Crippen molar-refractivity contribution < 1.29 is 9.90 Å². The van der Waals surface area contributed by atoms with Crippen molar-refractivity contribution in [3.8, 4) is 0 Å². The predicted octanol–water partition coefficient (Wildman–Crippen LogP) is 5.35. The van der Waals surface area contributed by atoms with Crippen LogP contribution in [-0.2, 0) is 6.42 Å². The molecule has 1 fully saturated rings. The van der Waals surface area contributed by atoms with Crippen LogP contribution < -0.4 is 9.80 Å². The number of carbonyl (C=O) groups is 1. The molecule has 1 aliphatic rings. The van der Waals surface area contributed by atoms with Gasteiger partial charge in [0.25, 0.3) is 0 Å². The molecule has 0 bridgehead atoms. The molecule has 166 valence electrons. The third kappa shape index (κ3) is 5.10. The number of aryl methyl sites for hydroxylation is 1. The van der Waals surface area contributed by atoms with E-state index in [1.54, 1.807) is 0 Å². The highest BCUT2D eigenvalue weighted by Crippen LogP contribution is 2.35. The second-order valence-electron chi connectivity index (χ2n) is 8.10. The van der Waals surface area contributed by atoms with Gasteiger partial charge in [-0.2, -0.15) is 0 Å². The molecule has 1 N–H and O–H groups in total. The van der Waals surface area contributed by atoms with Gasteiger partial charge in [-0.25, -0.2) is 14.8 Å². The van der Waals surface area contributed by atoms with Gasteiger partial charge in [-0.1, -0.05) is 46.3 Å². The number of carboxylic acids is 1. The summed E-state index contributed by atoms with van der Waals surface area (Å²) in [6, 6.07) is 18.7. The van der Waals surface area contributed by atoms with Gasteiger partial charge in [-0.3, -0.25) is 0 Å². The Morgan fingerprint density at radius 1 is 1.19 bits per heavy atom. The molecule has 1 saturated heterocycles. The largest absolute Gasteiger partial charge is 0.478 e. The van der Waals surface area contributed by atoms with Crippen molar-refractivity contribution in [2.75, 3.05) is 29.9 Å². The standard InChI is InChI=1S/C25H27BrN4O2/c1-29(20-7-3-2-4-8-20)15-5-9-22-21(24(31)32)17-27-25(28-22)30-16-6-10-23(30)18-11-13-19(26)14-12-18/h2-4,7-8,11-14,17,23H,5-6,9-10,15-16H2,1H3,(H,31,32)/t23-/m0/s1. The summed E-state index contributed by atoms with van der Waals surface area (Å²) >= 11 is 3.50. The van der Waals surface area contributed by atoms with Gasteiger partial charge in [-0.05, 0) is 55.5 Å². The van der Waals surface area contributed by atoms with Crippen LogP contribution in [0.3, 0.4) is 0 Å². The van der Waals surface area contributed by atoms with Crippen LogP contribution in [0, 0.1) is 0 Å². The zero-order valence-corrected chi connectivity index (χ0v) is 19.7. The van der Waals surface area contributed by atoms with E-state index in [9.17, 15) is 9.90 Å². The minimum absolute atomic E-state index is 0.190. The van der Waals surface area contributed by atoms with Crippen molar-refractivity contribution in [3.63, 3.8) is 0 Å². The van der Waals surface area contributed by atoms with E-state index in [0.717, 1.165) is 42.5 Å². The second-order valence-corrected chi connectivity index (χ2v) is 9.01. The lowest BCUT2D eigenvalue weighted by atomic mass is 10.1. The Kier molecular flexibility index (Phi) is 7.05. The van der Waals surface area contributed by atoms with Crippen LogP contribution >= 0.6 is 15.9 Å². The number of hydrogen-bond donors (Lipinski definition) is 1. The molecule has 32 heavy (non-hydrogen) atoms. The number of carboxylic acid groups (broad SMARTS) is 1. The summed E-state index contributed by atoms with van der Waals surface area (Å²) in [6.07, 6.45) is 4.95. The Bertz CT molecular complexity index is 1060. The van der Waals surface area contributed by atoms with Crippen molar-refractivity contribution in [2.24, 2.45) is 0 Å². The maximum absolute atomic E-state index is 11.8. The van der Waals surface area contributed by atoms with Gasteiger partial charge in [-0.15, -0.1) is 0 Å². The Labute approximate surface area is 197 Å². The molecule has 0 aliphatic carbocycles. The number of aromatic nitrogens is 2. The summed E-state index contributed by atoms with van der Waals surface area (Å²) in [5.41, 5.74) is 3.16.